The third-order valence-corrected chi connectivity index (χ3v) is 4.27. The van der Waals surface area contributed by atoms with E-state index in [1.165, 1.54) is 4.90 Å². The minimum atomic E-state index is -0.216. The van der Waals surface area contributed by atoms with Crippen molar-refractivity contribution in [3.8, 4) is 5.75 Å². The van der Waals surface area contributed by atoms with Gasteiger partial charge in [0.2, 0.25) is 5.91 Å². The van der Waals surface area contributed by atoms with Crippen LogP contribution in [0, 0.1) is 0 Å². The lowest BCUT2D eigenvalue weighted by atomic mass is 10.1. The summed E-state index contributed by atoms with van der Waals surface area (Å²) in [6.45, 7) is 4.81. The second kappa shape index (κ2) is 10.4. The fourth-order valence-electron chi connectivity index (χ4n) is 2.68. The van der Waals surface area contributed by atoms with Crippen LogP contribution in [-0.2, 0) is 11.2 Å². The first-order valence-electron chi connectivity index (χ1n) is 9.41. The van der Waals surface area contributed by atoms with Gasteiger partial charge in [-0.25, -0.2) is 0 Å². The molecule has 0 spiro atoms. The maximum atomic E-state index is 12.5. The van der Waals surface area contributed by atoms with Crippen molar-refractivity contribution in [2.24, 2.45) is 0 Å². The van der Waals surface area contributed by atoms with Crippen molar-refractivity contribution in [3.05, 3.63) is 59.7 Å². The lowest BCUT2D eigenvalue weighted by Crippen LogP contribution is -2.35. The van der Waals surface area contributed by atoms with E-state index in [9.17, 15) is 9.59 Å². The Morgan fingerprint density at radius 3 is 2.41 bits per heavy atom. The summed E-state index contributed by atoms with van der Waals surface area (Å²) in [5, 5.41) is 2.88. The maximum Gasteiger partial charge on any atom is 0.254 e. The van der Waals surface area contributed by atoms with Crippen LogP contribution < -0.4 is 10.1 Å². The van der Waals surface area contributed by atoms with Crippen LogP contribution in [0.15, 0.2) is 48.5 Å². The van der Waals surface area contributed by atoms with Crippen molar-refractivity contribution in [2.45, 2.75) is 33.1 Å². The van der Waals surface area contributed by atoms with Gasteiger partial charge in [0.1, 0.15) is 5.75 Å². The van der Waals surface area contributed by atoms with E-state index in [-0.39, 0.29) is 18.4 Å². The molecule has 2 aromatic carbocycles. The maximum absolute atomic E-state index is 12.5. The molecule has 0 aliphatic rings. The second-order valence-electron chi connectivity index (χ2n) is 6.45. The molecule has 0 aliphatic heterocycles. The normalized spacial score (nSPS) is 10.3. The van der Waals surface area contributed by atoms with Gasteiger partial charge in [-0.3, -0.25) is 9.59 Å². The Bertz CT molecular complexity index is 756. The van der Waals surface area contributed by atoms with Crippen LogP contribution in [0.25, 0.3) is 0 Å². The first-order chi connectivity index (χ1) is 13.0. The number of benzene rings is 2. The molecule has 5 heteroatoms. The molecule has 0 heterocycles. The van der Waals surface area contributed by atoms with Crippen LogP contribution in [0.5, 0.6) is 5.75 Å². The van der Waals surface area contributed by atoms with E-state index in [1.54, 1.807) is 31.3 Å². The first-order valence-corrected chi connectivity index (χ1v) is 9.41. The average Bonchev–Trinajstić information content (AvgIpc) is 2.68. The highest BCUT2D eigenvalue weighted by Gasteiger charge is 2.15. The van der Waals surface area contributed by atoms with Gasteiger partial charge in [-0.15, -0.1) is 0 Å². The standard InChI is InChI=1S/C22H28N2O3/c1-4-6-15-27-19-13-11-18(12-14-19)22(26)24(3)16-21(25)23-20-10-8-7-9-17(20)5-2/h7-14H,4-6,15-16H2,1-3H3,(H,23,25). The van der Waals surface area contributed by atoms with E-state index in [4.69, 9.17) is 4.74 Å². The number of para-hydroxylation sites is 1. The van der Waals surface area contributed by atoms with Gasteiger partial charge in [-0.1, -0.05) is 38.5 Å². The number of nitrogens with one attached hydrogen (secondary N) is 1. The van der Waals surface area contributed by atoms with Crippen LogP contribution in [0.4, 0.5) is 5.69 Å². The molecule has 0 atom stereocenters. The molecule has 0 unspecified atom stereocenters. The Hall–Kier alpha value is -2.82. The molecule has 1 N–H and O–H groups in total. The lowest BCUT2D eigenvalue weighted by Gasteiger charge is -2.18. The molecule has 2 amide bonds. The third kappa shape index (κ3) is 6.13. The summed E-state index contributed by atoms with van der Waals surface area (Å²) in [4.78, 5) is 26.2. The molecule has 0 fully saturated rings. The quantitative estimate of drug-likeness (QED) is 0.677. The van der Waals surface area contributed by atoms with Gasteiger partial charge in [0.25, 0.3) is 5.91 Å². The Balaban J connectivity index is 1.91. The second-order valence-corrected chi connectivity index (χ2v) is 6.45. The minimum absolute atomic E-state index is 0.00830. The van der Waals surface area contributed by atoms with E-state index >= 15 is 0 Å². The van der Waals surface area contributed by atoms with E-state index in [1.807, 2.05) is 31.2 Å². The molecular formula is C22H28N2O3. The highest BCUT2D eigenvalue weighted by atomic mass is 16.5. The predicted octanol–water partition coefficient (Wildman–Crippen LogP) is 4.14. The van der Waals surface area contributed by atoms with Gasteiger partial charge < -0.3 is 15.0 Å². The van der Waals surface area contributed by atoms with Crippen LogP contribution >= 0.6 is 0 Å². The van der Waals surface area contributed by atoms with Gasteiger partial charge in [0.15, 0.2) is 0 Å². The van der Waals surface area contributed by atoms with Gasteiger partial charge in [-0.05, 0) is 48.7 Å². The zero-order chi connectivity index (χ0) is 19.6. The van der Waals surface area contributed by atoms with Crippen molar-refractivity contribution in [2.75, 3.05) is 25.5 Å². The van der Waals surface area contributed by atoms with E-state index in [2.05, 4.69) is 12.2 Å². The smallest absolute Gasteiger partial charge is 0.254 e. The van der Waals surface area contributed by atoms with Crippen LogP contribution in [0.1, 0.15) is 42.6 Å². The van der Waals surface area contributed by atoms with Gasteiger partial charge in [0.05, 0.1) is 13.2 Å². The Morgan fingerprint density at radius 2 is 1.74 bits per heavy atom. The SMILES string of the molecule is CCCCOc1ccc(C(=O)N(C)CC(=O)Nc2ccccc2CC)cc1. The summed E-state index contributed by atoms with van der Waals surface area (Å²) >= 11 is 0. The summed E-state index contributed by atoms with van der Waals surface area (Å²) in [6.07, 6.45) is 2.91. The van der Waals surface area contributed by atoms with E-state index in [0.717, 1.165) is 36.3 Å². The molecule has 27 heavy (non-hydrogen) atoms. The molecular weight excluding hydrogens is 340 g/mol. The largest absolute Gasteiger partial charge is 0.494 e. The molecule has 0 saturated carbocycles. The van der Waals surface area contributed by atoms with Crippen molar-refractivity contribution in [1.82, 2.24) is 4.90 Å². The number of unbranched alkanes of at least 4 members (excludes halogenated alkanes) is 1. The molecule has 0 radical (unpaired) electrons. The van der Waals surface area contributed by atoms with E-state index in [0.29, 0.717) is 12.2 Å². The van der Waals surface area contributed by atoms with Crippen LogP contribution in [-0.4, -0.2) is 36.9 Å². The van der Waals surface area contributed by atoms with Crippen LogP contribution in [0.2, 0.25) is 0 Å². The highest BCUT2D eigenvalue weighted by Crippen LogP contribution is 2.16. The molecule has 0 bridgehead atoms. The molecule has 2 aromatic rings. The monoisotopic (exact) mass is 368 g/mol. The van der Waals surface area contributed by atoms with Crippen molar-refractivity contribution < 1.29 is 14.3 Å². The number of carbonyl (C=O) groups is 2. The molecule has 0 aromatic heterocycles. The summed E-state index contributed by atoms with van der Waals surface area (Å²) in [7, 11) is 1.62. The minimum Gasteiger partial charge on any atom is -0.494 e. The zero-order valence-electron chi connectivity index (χ0n) is 16.3. The van der Waals surface area contributed by atoms with Gasteiger partial charge >= 0.3 is 0 Å². The topological polar surface area (TPSA) is 58.6 Å². The van der Waals surface area contributed by atoms with Gasteiger partial charge in [-0.2, -0.15) is 0 Å². The Morgan fingerprint density at radius 1 is 1.04 bits per heavy atom. The predicted molar refractivity (Wildman–Crippen MR) is 108 cm³/mol. The first kappa shape index (κ1) is 20.5. The number of hydrogen-bond donors (Lipinski definition) is 1. The molecule has 0 aliphatic carbocycles. The van der Waals surface area contributed by atoms with Crippen molar-refractivity contribution in [1.29, 1.82) is 0 Å². The molecule has 0 saturated heterocycles. The number of rotatable bonds is 9. The molecule has 5 nitrogen and oxygen atoms in total. The van der Waals surface area contributed by atoms with Crippen LogP contribution in [0.3, 0.4) is 0 Å². The summed E-state index contributed by atoms with van der Waals surface area (Å²) in [6, 6.07) is 14.7. The van der Waals surface area contributed by atoms with Crippen molar-refractivity contribution in [3.63, 3.8) is 0 Å². The number of nitrogens with zero attached hydrogens (tertiary/aromatic N) is 1. The zero-order valence-corrected chi connectivity index (χ0v) is 16.3. The summed E-state index contributed by atoms with van der Waals surface area (Å²) in [5.74, 6) is 0.330. The summed E-state index contributed by atoms with van der Waals surface area (Å²) in [5.41, 5.74) is 2.39. The number of carbonyl (C=O) groups excluding carboxylic acids is 2. The lowest BCUT2D eigenvalue weighted by molar-refractivity contribution is -0.116. The number of anilines is 1. The number of likely N-dealkylation sites (N-methyl/N-ethyl adjacent to an activating group) is 1. The molecule has 144 valence electrons. The number of hydrogen-bond acceptors (Lipinski definition) is 3. The molecule has 2 rings (SSSR count). The summed E-state index contributed by atoms with van der Waals surface area (Å²) < 4.78 is 5.61. The fraction of sp³-hybridized carbons (Fsp3) is 0.364. The number of aryl methyl sites for hydroxylation is 1. The number of ether oxygens (including phenoxy) is 1. The highest BCUT2D eigenvalue weighted by molar-refractivity contribution is 5.99. The third-order valence-electron chi connectivity index (χ3n) is 4.27. The van der Waals surface area contributed by atoms with E-state index < -0.39 is 0 Å². The number of amides is 2. The average molecular weight is 368 g/mol. The van der Waals surface area contributed by atoms with Crippen molar-refractivity contribution >= 4 is 17.5 Å². The van der Waals surface area contributed by atoms with Gasteiger partial charge in [0, 0.05) is 18.3 Å². The Kier molecular flexibility index (Phi) is 7.86. The Labute approximate surface area is 161 Å². The fourth-order valence-corrected chi connectivity index (χ4v) is 2.68.